The average Bonchev–Trinajstić information content (AvgIpc) is 2.81. The van der Waals surface area contributed by atoms with Crippen LogP contribution in [-0.2, 0) is 4.74 Å². The molecule has 0 radical (unpaired) electrons. The van der Waals surface area contributed by atoms with Crippen molar-refractivity contribution in [2.75, 3.05) is 13.7 Å². The van der Waals surface area contributed by atoms with E-state index in [1.54, 1.807) is 19.2 Å². The lowest BCUT2D eigenvalue weighted by Crippen LogP contribution is -2.16. The fourth-order valence-electron chi connectivity index (χ4n) is 2.15. The van der Waals surface area contributed by atoms with Crippen LogP contribution in [0.25, 0.3) is 11.0 Å². The lowest BCUT2D eigenvalue weighted by molar-refractivity contribution is 0.0697. The SMILES string of the molecule is CCCC(COC)n1nnc2cc(C(=O)O)ccc21. The number of benzene rings is 1. The molecule has 1 aromatic heterocycles. The number of nitrogens with zero attached hydrogens (tertiary/aromatic N) is 3. The van der Waals surface area contributed by atoms with Crippen molar-refractivity contribution in [1.82, 2.24) is 15.0 Å². The Balaban J connectivity index is 2.41. The van der Waals surface area contributed by atoms with Crippen molar-refractivity contribution in [3.05, 3.63) is 23.8 Å². The van der Waals surface area contributed by atoms with Crippen LogP contribution >= 0.6 is 0 Å². The Hall–Kier alpha value is -1.95. The minimum Gasteiger partial charge on any atom is -0.478 e. The van der Waals surface area contributed by atoms with Crippen molar-refractivity contribution in [1.29, 1.82) is 0 Å². The number of hydrogen-bond donors (Lipinski definition) is 1. The highest BCUT2D eigenvalue weighted by atomic mass is 16.5. The Kier molecular flexibility index (Phi) is 4.11. The van der Waals surface area contributed by atoms with E-state index in [2.05, 4.69) is 17.2 Å². The lowest BCUT2D eigenvalue weighted by atomic mass is 10.1. The van der Waals surface area contributed by atoms with Gasteiger partial charge in [-0.2, -0.15) is 0 Å². The molecule has 0 amide bonds. The minimum absolute atomic E-state index is 0.121. The Bertz CT molecular complexity index is 574. The van der Waals surface area contributed by atoms with E-state index in [9.17, 15) is 4.79 Å². The van der Waals surface area contributed by atoms with Crippen molar-refractivity contribution in [3.63, 3.8) is 0 Å². The molecule has 0 aliphatic rings. The number of carboxylic acids is 1. The average molecular weight is 263 g/mol. The molecule has 1 aromatic carbocycles. The van der Waals surface area contributed by atoms with Gasteiger partial charge in [0.15, 0.2) is 0 Å². The highest BCUT2D eigenvalue weighted by molar-refractivity contribution is 5.92. The van der Waals surface area contributed by atoms with Crippen LogP contribution in [0.3, 0.4) is 0 Å². The molecule has 6 heteroatoms. The van der Waals surface area contributed by atoms with Crippen molar-refractivity contribution < 1.29 is 14.6 Å². The zero-order valence-corrected chi connectivity index (χ0v) is 11.0. The molecule has 6 nitrogen and oxygen atoms in total. The number of rotatable bonds is 6. The molecule has 0 saturated heterocycles. The third kappa shape index (κ3) is 2.73. The monoisotopic (exact) mass is 263 g/mol. The normalized spacial score (nSPS) is 12.7. The topological polar surface area (TPSA) is 77.2 Å². The summed E-state index contributed by atoms with van der Waals surface area (Å²) in [7, 11) is 1.66. The molecule has 0 aliphatic carbocycles. The molecular formula is C13H17N3O3. The number of aromatic nitrogens is 3. The molecular weight excluding hydrogens is 246 g/mol. The Labute approximate surface area is 111 Å². The molecule has 1 atom stereocenters. The molecule has 2 aromatic rings. The summed E-state index contributed by atoms with van der Waals surface area (Å²) >= 11 is 0. The molecule has 19 heavy (non-hydrogen) atoms. The lowest BCUT2D eigenvalue weighted by Gasteiger charge is -2.15. The maximum absolute atomic E-state index is 10.9. The van der Waals surface area contributed by atoms with E-state index in [0.29, 0.717) is 12.1 Å². The van der Waals surface area contributed by atoms with Crippen LogP contribution in [0.5, 0.6) is 0 Å². The van der Waals surface area contributed by atoms with Crippen LogP contribution in [0.2, 0.25) is 0 Å². The summed E-state index contributed by atoms with van der Waals surface area (Å²) in [5.41, 5.74) is 1.65. The Morgan fingerprint density at radius 2 is 2.32 bits per heavy atom. The zero-order chi connectivity index (χ0) is 13.8. The first-order chi connectivity index (χ1) is 9.17. The van der Waals surface area contributed by atoms with Crippen LogP contribution in [0, 0.1) is 0 Å². The number of methoxy groups -OCH3 is 1. The quantitative estimate of drug-likeness (QED) is 0.863. The second-order valence-corrected chi connectivity index (χ2v) is 4.44. The molecule has 1 heterocycles. The second-order valence-electron chi connectivity index (χ2n) is 4.44. The standard InChI is InChI=1S/C13H17N3O3/c1-3-4-10(8-19-2)16-12-6-5-9(13(17)18)7-11(12)14-15-16/h5-7,10H,3-4,8H2,1-2H3,(H,17,18). The molecule has 2 rings (SSSR count). The van der Waals surface area contributed by atoms with Gasteiger partial charge in [0.25, 0.3) is 0 Å². The first kappa shape index (κ1) is 13.5. The van der Waals surface area contributed by atoms with Crippen LogP contribution in [-0.4, -0.2) is 39.8 Å². The summed E-state index contributed by atoms with van der Waals surface area (Å²) in [5.74, 6) is -0.960. The van der Waals surface area contributed by atoms with E-state index in [4.69, 9.17) is 9.84 Å². The number of hydrogen-bond acceptors (Lipinski definition) is 4. The van der Waals surface area contributed by atoms with E-state index >= 15 is 0 Å². The van der Waals surface area contributed by atoms with Crippen molar-refractivity contribution in [2.24, 2.45) is 0 Å². The predicted molar refractivity (Wildman–Crippen MR) is 70.3 cm³/mol. The number of ether oxygens (including phenoxy) is 1. The fraction of sp³-hybridized carbons (Fsp3) is 0.462. The molecule has 0 saturated carbocycles. The van der Waals surface area contributed by atoms with Crippen LogP contribution in [0.15, 0.2) is 18.2 Å². The van der Waals surface area contributed by atoms with Gasteiger partial charge in [-0.25, -0.2) is 9.48 Å². The Morgan fingerprint density at radius 3 is 2.95 bits per heavy atom. The maximum Gasteiger partial charge on any atom is 0.335 e. The maximum atomic E-state index is 10.9. The van der Waals surface area contributed by atoms with Gasteiger partial charge in [0, 0.05) is 7.11 Å². The van der Waals surface area contributed by atoms with Gasteiger partial charge in [-0.3, -0.25) is 0 Å². The van der Waals surface area contributed by atoms with E-state index < -0.39 is 5.97 Å². The molecule has 0 fully saturated rings. The van der Waals surface area contributed by atoms with Crippen LogP contribution < -0.4 is 0 Å². The largest absolute Gasteiger partial charge is 0.478 e. The number of fused-ring (bicyclic) bond motifs is 1. The summed E-state index contributed by atoms with van der Waals surface area (Å²) in [5, 5.41) is 17.1. The van der Waals surface area contributed by atoms with Gasteiger partial charge in [0.2, 0.25) is 0 Å². The summed E-state index contributed by atoms with van der Waals surface area (Å²) in [4.78, 5) is 10.9. The van der Waals surface area contributed by atoms with Crippen molar-refractivity contribution in [3.8, 4) is 0 Å². The van der Waals surface area contributed by atoms with Gasteiger partial charge in [-0.1, -0.05) is 18.6 Å². The highest BCUT2D eigenvalue weighted by Gasteiger charge is 2.16. The number of carboxylic acid groups (broad SMARTS) is 1. The third-order valence-electron chi connectivity index (χ3n) is 3.04. The van der Waals surface area contributed by atoms with E-state index in [1.807, 2.05) is 4.68 Å². The Morgan fingerprint density at radius 1 is 1.53 bits per heavy atom. The van der Waals surface area contributed by atoms with Gasteiger partial charge < -0.3 is 9.84 Å². The molecule has 0 aliphatic heterocycles. The van der Waals surface area contributed by atoms with Crippen molar-refractivity contribution >= 4 is 17.0 Å². The molecule has 0 bridgehead atoms. The summed E-state index contributed by atoms with van der Waals surface area (Å²) < 4.78 is 7.02. The smallest absolute Gasteiger partial charge is 0.335 e. The summed E-state index contributed by atoms with van der Waals surface area (Å²) in [6, 6.07) is 4.98. The number of aromatic carboxylic acids is 1. The van der Waals surface area contributed by atoms with Gasteiger partial charge in [-0.15, -0.1) is 5.10 Å². The zero-order valence-electron chi connectivity index (χ0n) is 11.0. The van der Waals surface area contributed by atoms with Gasteiger partial charge in [0.05, 0.1) is 23.7 Å². The first-order valence-corrected chi connectivity index (χ1v) is 6.24. The number of carbonyl (C=O) groups is 1. The summed E-state index contributed by atoms with van der Waals surface area (Å²) in [6.45, 7) is 2.66. The van der Waals surface area contributed by atoms with E-state index in [0.717, 1.165) is 18.4 Å². The molecule has 102 valence electrons. The summed E-state index contributed by atoms with van der Waals surface area (Å²) in [6.07, 6.45) is 1.95. The van der Waals surface area contributed by atoms with Gasteiger partial charge in [0.1, 0.15) is 5.52 Å². The molecule has 0 spiro atoms. The molecule has 1 unspecified atom stereocenters. The van der Waals surface area contributed by atoms with E-state index in [-0.39, 0.29) is 11.6 Å². The third-order valence-corrected chi connectivity index (χ3v) is 3.04. The van der Waals surface area contributed by atoms with Gasteiger partial charge in [-0.05, 0) is 24.6 Å². The minimum atomic E-state index is -0.960. The van der Waals surface area contributed by atoms with Crippen molar-refractivity contribution in [2.45, 2.75) is 25.8 Å². The predicted octanol–water partition coefficient (Wildman–Crippen LogP) is 2.12. The highest BCUT2D eigenvalue weighted by Crippen LogP contribution is 2.20. The molecule has 1 N–H and O–H groups in total. The van der Waals surface area contributed by atoms with Crippen LogP contribution in [0.1, 0.15) is 36.2 Å². The second kappa shape index (κ2) is 5.79. The fourth-order valence-corrected chi connectivity index (χ4v) is 2.15. The van der Waals surface area contributed by atoms with Crippen LogP contribution in [0.4, 0.5) is 0 Å². The van der Waals surface area contributed by atoms with E-state index in [1.165, 1.54) is 6.07 Å². The van der Waals surface area contributed by atoms with Gasteiger partial charge >= 0.3 is 5.97 Å². The first-order valence-electron chi connectivity index (χ1n) is 6.24.